The third-order valence-corrected chi connectivity index (χ3v) is 6.16. The molecule has 1 aliphatic rings. The Morgan fingerprint density at radius 3 is 2.43 bits per heavy atom. The van der Waals surface area contributed by atoms with E-state index < -0.39 is 0 Å². The topological polar surface area (TPSA) is 29.9 Å². The van der Waals surface area contributed by atoms with Crippen molar-refractivity contribution in [1.82, 2.24) is 9.55 Å². The van der Waals surface area contributed by atoms with Crippen LogP contribution in [-0.4, -0.2) is 9.55 Å². The molecule has 1 aliphatic carbocycles. The minimum Gasteiger partial charge on any atom is -0.326 e. The molecule has 1 N–H and O–H groups in total. The second-order valence-electron chi connectivity index (χ2n) is 9.76. The Hall–Kier alpha value is -2.29. The molecule has 3 nitrogen and oxygen atoms in total. The van der Waals surface area contributed by atoms with Gasteiger partial charge in [0, 0.05) is 11.7 Å². The highest BCUT2D eigenvalue weighted by Crippen LogP contribution is 2.46. The molecule has 0 amide bonds. The third kappa shape index (κ3) is 3.80. The zero-order chi connectivity index (χ0) is 19.9. The van der Waals surface area contributed by atoms with Crippen molar-refractivity contribution < 1.29 is 0 Å². The highest BCUT2D eigenvalue weighted by molar-refractivity contribution is 5.80. The number of para-hydroxylation sites is 2. The van der Waals surface area contributed by atoms with Gasteiger partial charge in [0.25, 0.3) is 0 Å². The lowest BCUT2D eigenvalue weighted by Gasteiger charge is -2.40. The van der Waals surface area contributed by atoms with E-state index in [2.05, 4.69) is 93.0 Å². The SMILES string of the molecule is CC1CC(n2c(Nc3ccc(C(C)C)cc3)nc3ccccc32)CC(C)(C)C1. The van der Waals surface area contributed by atoms with Crippen molar-refractivity contribution in [2.75, 3.05) is 5.32 Å². The molecule has 0 radical (unpaired) electrons. The zero-order valence-corrected chi connectivity index (χ0v) is 17.9. The standard InChI is InChI=1S/C25H33N3/c1-17(2)19-10-12-20(13-11-19)26-24-27-22-8-6-7-9-23(22)28(24)21-14-18(3)15-25(4,5)16-21/h6-13,17-18,21H,14-16H2,1-5H3,(H,26,27). The molecule has 0 saturated heterocycles. The highest BCUT2D eigenvalue weighted by Gasteiger charge is 2.34. The van der Waals surface area contributed by atoms with Gasteiger partial charge in [-0.15, -0.1) is 0 Å². The molecule has 0 aliphatic heterocycles. The van der Waals surface area contributed by atoms with Gasteiger partial charge in [0.05, 0.1) is 11.0 Å². The van der Waals surface area contributed by atoms with Gasteiger partial charge >= 0.3 is 0 Å². The fourth-order valence-electron chi connectivity index (χ4n) is 5.08. The Morgan fingerprint density at radius 2 is 1.75 bits per heavy atom. The first kappa shape index (κ1) is 19.0. The van der Waals surface area contributed by atoms with E-state index in [4.69, 9.17) is 4.98 Å². The number of nitrogens with zero attached hydrogens (tertiary/aromatic N) is 2. The summed E-state index contributed by atoms with van der Waals surface area (Å²) in [6.45, 7) is 11.7. The lowest BCUT2D eigenvalue weighted by Crippen LogP contribution is -2.29. The fourth-order valence-corrected chi connectivity index (χ4v) is 5.08. The van der Waals surface area contributed by atoms with E-state index in [1.54, 1.807) is 0 Å². The molecular weight excluding hydrogens is 342 g/mol. The number of anilines is 2. The molecule has 148 valence electrons. The molecule has 4 rings (SSSR count). The predicted molar refractivity (Wildman–Crippen MR) is 119 cm³/mol. The third-order valence-electron chi connectivity index (χ3n) is 6.16. The van der Waals surface area contributed by atoms with Gasteiger partial charge in [-0.05, 0) is 66.3 Å². The van der Waals surface area contributed by atoms with Gasteiger partial charge in [-0.3, -0.25) is 0 Å². The van der Waals surface area contributed by atoms with Gasteiger partial charge in [-0.2, -0.15) is 0 Å². The molecule has 1 saturated carbocycles. The van der Waals surface area contributed by atoms with Gasteiger partial charge < -0.3 is 9.88 Å². The summed E-state index contributed by atoms with van der Waals surface area (Å²) in [5.41, 5.74) is 5.13. The smallest absolute Gasteiger partial charge is 0.208 e. The van der Waals surface area contributed by atoms with Gasteiger partial charge in [0.15, 0.2) is 0 Å². The van der Waals surface area contributed by atoms with E-state index in [-0.39, 0.29) is 0 Å². The van der Waals surface area contributed by atoms with Crippen molar-refractivity contribution in [2.45, 2.75) is 65.8 Å². The highest BCUT2D eigenvalue weighted by atomic mass is 15.2. The largest absolute Gasteiger partial charge is 0.326 e. The number of hydrogen-bond acceptors (Lipinski definition) is 2. The van der Waals surface area contributed by atoms with E-state index in [0.717, 1.165) is 23.1 Å². The van der Waals surface area contributed by atoms with Crippen molar-refractivity contribution >= 4 is 22.7 Å². The molecule has 2 aromatic carbocycles. The quantitative estimate of drug-likeness (QED) is 0.519. The first-order chi connectivity index (χ1) is 13.3. The van der Waals surface area contributed by atoms with E-state index >= 15 is 0 Å². The van der Waals surface area contributed by atoms with Crippen LogP contribution >= 0.6 is 0 Å². The second-order valence-corrected chi connectivity index (χ2v) is 9.76. The second kappa shape index (κ2) is 7.27. The average molecular weight is 376 g/mol. The Kier molecular flexibility index (Phi) is 4.95. The number of aromatic nitrogens is 2. The molecule has 2 atom stereocenters. The number of benzene rings is 2. The van der Waals surface area contributed by atoms with Crippen LogP contribution in [0.25, 0.3) is 11.0 Å². The molecule has 3 aromatic rings. The van der Waals surface area contributed by atoms with E-state index in [9.17, 15) is 0 Å². The minimum atomic E-state index is 0.365. The van der Waals surface area contributed by atoms with Gasteiger partial charge in [-0.25, -0.2) is 4.98 Å². The first-order valence-electron chi connectivity index (χ1n) is 10.7. The number of hydrogen-bond donors (Lipinski definition) is 1. The minimum absolute atomic E-state index is 0.365. The van der Waals surface area contributed by atoms with Crippen LogP contribution in [0.5, 0.6) is 0 Å². The first-order valence-corrected chi connectivity index (χ1v) is 10.7. The van der Waals surface area contributed by atoms with Crippen molar-refractivity contribution in [3.63, 3.8) is 0 Å². The molecular formula is C25H33N3. The molecule has 1 heterocycles. The van der Waals surface area contributed by atoms with Crippen LogP contribution in [-0.2, 0) is 0 Å². The molecule has 1 fully saturated rings. The van der Waals surface area contributed by atoms with Crippen molar-refractivity contribution in [1.29, 1.82) is 0 Å². The Bertz CT molecular complexity index is 950. The van der Waals surface area contributed by atoms with Gasteiger partial charge in [0.1, 0.15) is 0 Å². The summed E-state index contributed by atoms with van der Waals surface area (Å²) in [7, 11) is 0. The average Bonchev–Trinajstić information content (AvgIpc) is 2.98. The van der Waals surface area contributed by atoms with Crippen LogP contribution in [0.15, 0.2) is 48.5 Å². The molecule has 1 aromatic heterocycles. The van der Waals surface area contributed by atoms with E-state index in [1.165, 1.54) is 30.3 Å². The summed E-state index contributed by atoms with van der Waals surface area (Å²) >= 11 is 0. The number of fused-ring (bicyclic) bond motifs is 1. The van der Waals surface area contributed by atoms with Crippen molar-refractivity contribution in [3.8, 4) is 0 Å². The fraction of sp³-hybridized carbons (Fsp3) is 0.480. The van der Waals surface area contributed by atoms with Crippen molar-refractivity contribution in [3.05, 3.63) is 54.1 Å². The lowest BCUT2D eigenvalue weighted by molar-refractivity contribution is 0.140. The van der Waals surface area contributed by atoms with E-state index in [1.807, 2.05) is 0 Å². The van der Waals surface area contributed by atoms with Crippen LogP contribution < -0.4 is 5.32 Å². The van der Waals surface area contributed by atoms with Gasteiger partial charge in [-0.1, -0.05) is 58.9 Å². The summed E-state index contributed by atoms with van der Waals surface area (Å²) in [4.78, 5) is 4.97. The number of nitrogens with one attached hydrogen (secondary N) is 1. The summed E-state index contributed by atoms with van der Waals surface area (Å²) < 4.78 is 2.46. The zero-order valence-electron chi connectivity index (χ0n) is 17.9. The van der Waals surface area contributed by atoms with Crippen LogP contribution in [0.2, 0.25) is 0 Å². The maximum Gasteiger partial charge on any atom is 0.208 e. The van der Waals surface area contributed by atoms with Crippen LogP contribution in [0.4, 0.5) is 11.6 Å². The monoisotopic (exact) mass is 375 g/mol. The van der Waals surface area contributed by atoms with Crippen LogP contribution in [0, 0.1) is 11.3 Å². The van der Waals surface area contributed by atoms with Gasteiger partial charge in [0.2, 0.25) is 5.95 Å². The van der Waals surface area contributed by atoms with Crippen LogP contribution in [0.3, 0.4) is 0 Å². The normalized spacial score (nSPS) is 21.9. The van der Waals surface area contributed by atoms with Crippen LogP contribution in [0.1, 0.15) is 71.4 Å². The number of rotatable bonds is 4. The molecule has 0 bridgehead atoms. The number of imidazole rings is 1. The Morgan fingerprint density at radius 1 is 1.04 bits per heavy atom. The summed E-state index contributed by atoms with van der Waals surface area (Å²) in [5.74, 6) is 2.24. The summed E-state index contributed by atoms with van der Waals surface area (Å²) in [6.07, 6.45) is 3.71. The molecule has 0 spiro atoms. The molecule has 3 heteroatoms. The predicted octanol–water partition coefficient (Wildman–Crippen LogP) is 7.29. The maximum atomic E-state index is 4.97. The molecule has 2 unspecified atom stereocenters. The summed E-state index contributed by atoms with van der Waals surface area (Å²) in [6, 6.07) is 17.8. The molecule has 28 heavy (non-hydrogen) atoms. The lowest BCUT2D eigenvalue weighted by atomic mass is 9.70. The Balaban J connectivity index is 1.73. The van der Waals surface area contributed by atoms with E-state index in [0.29, 0.717) is 17.4 Å². The summed E-state index contributed by atoms with van der Waals surface area (Å²) in [5, 5.41) is 3.62. The Labute approximate surface area is 169 Å². The maximum absolute atomic E-state index is 4.97. The van der Waals surface area contributed by atoms with Crippen molar-refractivity contribution in [2.24, 2.45) is 11.3 Å².